The lowest BCUT2D eigenvalue weighted by Crippen LogP contribution is -2.41. The predicted octanol–water partition coefficient (Wildman–Crippen LogP) is 3.52. The van der Waals surface area contributed by atoms with E-state index >= 15 is 0 Å². The van der Waals surface area contributed by atoms with E-state index < -0.39 is 0 Å². The van der Waals surface area contributed by atoms with Crippen molar-refractivity contribution in [1.29, 1.82) is 0 Å². The molecule has 0 atom stereocenters. The number of hydrogen-bond acceptors (Lipinski definition) is 2. The Balaban J connectivity index is 1.90. The largest absolute Gasteiger partial charge is 0.494 e. The average Bonchev–Trinajstić information content (AvgIpc) is 3.08. The molecule has 0 spiro atoms. The minimum Gasteiger partial charge on any atom is -0.399 e. The van der Waals surface area contributed by atoms with Crippen molar-refractivity contribution >= 4 is 24.2 Å². The van der Waals surface area contributed by atoms with E-state index in [-0.39, 0.29) is 18.3 Å². The molecule has 2 nitrogen and oxygen atoms in total. The molecular formula is C15H20BClO2. The van der Waals surface area contributed by atoms with Crippen LogP contribution in [0.4, 0.5) is 0 Å². The molecule has 0 aromatic heterocycles. The predicted molar refractivity (Wildman–Crippen MR) is 79.1 cm³/mol. The van der Waals surface area contributed by atoms with E-state index in [1.807, 2.05) is 12.1 Å². The van der Waals surface area contributed by atoms with Gasteiger partial charge in [0, 0.05) is 5.02 Å². The Morgan fingerprint density at radius 3 is 2.21 bits per heavy atom. The van der Waals surface area contributed by atoms with Crippen molar-refractivity contribution in [3.8, 4) is 0 Å². The quantitative estimate of drug-likeness (QED) is 0.771. The van der Waals surface area contributed by atoms with Gasteiger partial charge in [-0.15, -0.1) is 0 Å². The Labute approximate surface area is 120 Å². The molecule has 102 valence electrons. The second-order valence-electron chi connectivity index (χ2n) is 6.64. The van der Waals surface area contributed by atoms with Crippen molar-refractivity contribution in [2.75, 3.05) is 0 Å². The summed E-state index contributed by atoms with van der Waals surface area (Å²) < 4.78 is 12.2. The maximum absolute atomic E-state index is 6.27. The first kappa shape index (κ1) is 13.5. The van der Waals surface area contributed by atoms with Gasteiger partial charge in [-0.1, -0.05) is 23.7 Å². The summed E-state index contributed by atoms with van der Waals surface area (Å²) in [4.78, 5) is 0. The third-order valence-corrected chi connectivity index (χ3v) is 4.91. The number of benzene rings is 1. The molecule has 1 aliphatic heterocycles. The summed E-state index contributed by atoms with van der Waals surface area (Å²) in [5.74, 6) is 0.634. The van der Waals surface area contributed by atoms with Crippen LogP contribution in [0.5, 0.6) is 0 Å². The lowest BCUT2D eigenvalue weighted by Gasteiger charge is -2.32. The third-order valence-electron chi connectivity index (χ3n) is 4.56. The van der Waals surface area contributed by atoms with Crippen LogP contribution in [0.1, 0.15) is 52.0 Å². The Morgan fingerprint density at radius 1 is 1.11 bits per heavy atom. The fourth-order valence-corrected chi connectivity index (χ4v) is 2.67. The minimum absolute atomic E-state index is 0.292. The van der Waals surface area contributed by atoms with E-state index in [0.29, 0.717) is 5.92 Å². The van der Waals surface area contributed by atoms with Crippen molar-refractivity contribution in [2.24, 2.45) is 0 Å². The Morgan fingerprint density at radius 2 is 1.68 bits per heavy atom. The summed E-state index contributed by atoms with van der Waals surface area (Å²) in [5.41, 5.74) is 1.73. The molecule has 0 N–H and O–H groups in total. The second-order valence-corrected chi connectivity index (χ2v) is 7.05. The van der Waals surface area contributed by atoms with E-state index in [1.165, 1.54) is 18.4 Å². The highest BCUT2D eigenvalue weighted by molar-refractivity contribution is 6.62. The molecule has 1 aromatic carbocycles. The van der Waals surface area contributed by atoms with E-state index in [2.05, 4.69) is 33.8 Å². The summed E-state index contributed by atoms with van der Waals surface area (Å²) >= 11 is 6.27. The zero-order chi connectivity index (χ0) is 13.8. The first-order chi connectivity index (χ1) is 8.80. The molecule has 1 aromatic rings. The fraction of sp³-hybridized carbons (Fsp3) is 0.600. The molecule has 0 amide bonds. The summed E-state index contributed by atoms with van der Waals surface area (Å²) in [5, 5.41) is 0.864. The van der Waals surface area contributed by atoms with Crippen LogP contribution in [-0.2, 0) is 9.31 Å². The SMILES string of the molecule is CC1(C)OB(c2ccc(Cl)c(C3CC3)c2)OC1(C)C. The molecular weight excluding hydrogens is 258 g/mol. The molecule has 4 heteroatoms. The summed E-state index contributed by atoms with van der Waals surface area (Å²) in [6.45, 7) is 8.30. The van der Waals surface area contributed by atoms with Crippen LogP contribution in [0.15, 0.2) is 18.2 Å². The molecule has 3 rings (SSSR count). The van der Waals surface area contributed by atoms with Gasteiger partial charge in [-0.3, -0.25) is 0 Å². The minimum atomic E-state index is -0.295. The summed E-state index contributed by atoms with van der Waals surface area (Å²) in [7, 11) is -0.292. The van der Waals surface area contributed by atoms with Crippen LogP contribution in [0, 0.1) is 0 Å². The van der Waals surface area contributed by atoms with Gasteiger partial charge in [0.2, 0.25) is 0 Å². The van der Waals surface area contributed by atoms with Gasteiger partial charge in [-0.2, -0.15) is 0 Å². The van der Waals surface area contributed by atoms with Gasteiger partial charge in [0.05, 0.1) is 11.2 Å². The monoisotopic (exact) mass is 278 g/mol. The standard InChI is InChI=1S/C15H20BClO2/c1-14(2)15(3,4)19-16(18-14)11-7-8-13(17)12(9-11)10-5-6-10/h7-10H,5-6H2,1-4H3. The fourth-order valence-electron chi connectivity index (χ4n) is 2.40. The van der Waals surface area contributed by atoms with Crippen LogP contribution in [-0.4, -0.2) is 18.3 Å². The molecule has 2 aliphatic rings. The smallest absolute Gasteiger partial charge is 0.399 e. The van der Waals surface area contributed by atoms with Gasteiger partial charge in [0.25, 0.3) is 0 Å². The molecule has 2 fully saturated rings. The molecule has 0 bridgehead atoms. The highest BCUT2D eigenvalue weighted by atomic mass is 35.5. The van der Waals surface area contributed by atoms with Crippen LogP contribution < -0.4 is 5.46 Å². The first-order valence-corrected chi connectivity index (χ1v) is 7.33. The third kappa shape index (κ3) is 2.33. The Kier molecular flexibility index (Phi) is 3.01. The van der Waals surface area contributed by atoms with Crippen LogP contribution in [0.3, 0.4) is 0 Å². The van der Waals surface area contributed by atoms with Gasteiger partial charge in [-0.25, -0.2) is 0 Å². The number of rotatable bonds is 2. The van der Waals surface area contributed by atoms with E-state index in [0.717, 1.165) is 10.5 Å². The van der Waals surface area contributed by atoms with Gasteiger partial charge in [0.15, 0.2) is 0 Å². The van der Waals surface area contributed by atoms with Crippen LogP contribution >= 0.6 is 11.6 Å². The number of halogens is 1. The molecule has 0 unspecified atom stereocenters. The molecule has 1 heterocycles. The topological polar surface area (TPSA) is 18.5 Å². The Bertz CT molecular complexity index is 493. The zero-order valence-corrected chi connectivity index (χ0v) is 12.8. The van der Waals surface area contributed by atoms with Crippen molar-refractivity contribution in [1.82, 2.24) is 0 Å². The Hall–Kier alpha value is -0.505. The maximum atomic E-state index is 6.27. The molecule has 1 saturated carbocycles. The summed E-state index contributed by atoms with van der Waals surface area (Å²) in [6, 6.07) is 6.13. The molecule has 1 aliphatic carbocycles. The lowest BCUT2D eigenvalue weighted by atomic mass is 9.78. The average molecular weight is 279 g/mol. The zero-order valence-electron chi connectivity index (χ0n) is 12.0. The van der Waals surface area contributed by atoms with Gasteiger partial charge >= 0.3 is 7.12 Å². The van der Waals surface area contributed by atoms with Crippen LogP contribution in [0.25, 0.3) is 0 Å². The van der Waals surface area contributed by atoms with Gasteiger partial charge in [-0.05, 0) is 63.5 Å². The van der Waals surface area contributed by atoms with E-state index in [9.17, 15) is 0 Å². The van der Waals surface area contributed by atoms with E-state index in [4.69, 9.17) is 20.9 Å². The highest BCUT2D eigenvalue weighted by Gasteiger charge is 2.51. The summed E-state index contributed by atoms with van der Waals surface area (Å²) in [6.07, 6.45) is 2.49. The van der Waals surface area contributed by atoms with Gasteiger partial charge in [0.1, 0.15) is 0 Å². The number of hydrogen-bond donors (Lipinski definition) is 0. The second kappa shape index (κ2) is 4.24. The first-order valence-electron chi connectivity index (χ1n) is 6.95. The highest BCUT2D eigenvalue weighted by Crippen LogP contribution is 2.43. The van der Waals surface area contributed by atoms with E-state index in [1.54, 1.807) is 0 Å². The molecule has 1 saturated heterocycles. The maximum Gasteiger partial charge on any atom is 0.494 e. The van der Waals surface area contributed by atoms with Crippen molar-refractivity contribution in [3.63, 3.8) is 0 Å². The lowest BCUT2D eigenvalue weighted by molar-refractivity contribution is 0.00578. The van der Waals surface area contributed by atoms with Crippen molar-refractivity contribution in [3.05, 3.63) is 28.8 Å². The normalized spacial score (nSPS) is 24.8. The molecule has 19 heavy (non-hydrogen) atoms. The molecule has 0 radical (unpaired) electrons. The van der Waals surface area contributed by atoms with Crippen LogP contribution in [0.2, 0.25) is 5.02 Å². The van der Waals surface area contributed by atoms with Crippen molar-refractivity contribution in [2.45, 2.75) is 57.7 Å². The van der Waals surface area contributed by atoms with Gasteiger partial charge < -0.3 is 9.31 Å². The van der Waals surface area contributed by atoms with Crippen molar-refractivity contribution < 1.29 is 9.31 Å².